The summed E-state index contributed by atoms with van der Waals surface area (Å²) in [6.07, 6.45) is 23.4. The highest BCUT2D eigenvalue weighted by molar-refractivity contribution is 5.31. The van der Waals surface area contributed by atoms with Gasteiger partial charge in [0.15, 0.2) is 0 Å². The van der Waals surface area contributed by atoms with Gasteiger partial charge in [0.2, 0.25) is 0 Å². The van der Waals surface area contributed by atoms with Gasteiger partial charge in [0, 0.05) is 0 Å². The zero-order valence-electron chi connectivity index (χ0n) is 20.7. The molecule has 1 fully saturated rings. The van der Waals surface area contributed by atoms with Crippen molar-refractivity contribution in [2.75, 3.05) is 13.2 Å². The number of rotatable bonds is 18. The van der Waals surface area contributed by atoms with Crippen LogP contribution in [0.15, 0.2) is 24.3 Å². The lowest BCUT2D eigenvalue weighted by Gasteiger charge is -2.28. The second-order valence-electron chi connectivity index (χ2n) is 9.81. The van der Waals surface area contributed by atoms with Crippen LogP contribution in [0.4, 0.5) is 0 Å². The first kappa shape index (κ1) is 26.1. The van der Waals surface area contributed by atoms with Crippen molar-refractivity contribution in [2.24, 2.45) is 11.8 Å². The van der Waals surface area contributed by atoms with E-state index in [0.717, 1.165) is 43.0 Å². The number of hydrogen-bond donors (Lipinski definition) is 0. The molecule has 0 radical (unpaired) electrons. The second-order valence-corrected chi connectivity index (χ2v) is 9.81. The Morgan fingerprint density at radius 3 is 1.48 bits per heavy atom. The smallest absolute Gasteiger partial charge is 0.119 e. The van der Waals surface area contributed by atoms with Crippen molar-refractivity contribution in [1.82, 2.24) is 0 Å². The minimum atomic E-state index is 0.824. The van der Waals surface area contributed by atoms with Gasteiger partial charge in [-0.2, -0.15) is 0 Å². The minimum Gasteiger partial charge on any atom is -0.494 e. The van der Waals surface area contributed by atoms with Crippen molar-refractivity contribution < 1.29 is 9.47 Å². The van der Waals surface area contributed by atoms with Crippen LogP contribution in [0.25, 0.3) is 0 Å². The SMILES string of the molecule is CCCCCCCOc1ccc(OCCC[C@H]2CC[C@H](CCCCCCC)CC2)cc1. The maximum absolute atomic E-state index is 5.97. The molecule has 0 bridgehead atoms. The first-order valence-electron chi connectivity index (χ1n) is 13.7. The van der Waals surface area contributed by atoms with Crippen LogP contribution in [0.2, 0.25) is 0 Å². The molecule has 2 rings (SSSR count). The third kappa shape index (κ3) is 12.4. The highest BCUT2D eigenvalue weighted by atomic mass is 16.5. The van der Waals surface area contributed by atoms with Crippen LogP contribution in [0.5, 0.6) is 11.5 Å². The molecule has 178 valence electrons. The molecule has 0 amide bonds. The van der Waals surface area contributed by atoms with Gasteiger partial charge in [-0.05, 0) is 55.4 Å². The molecule has 1 aliphatic carbocycles. The lowest BCUT2D eigenvalue weighted by atomic mass is 9.78. The molecule has 1 aromatic carbocycles. The molecule has 2 nitrogen and oxygen atoms in total. The predicted molar refractivity (Wildman–Crippen MR) is 134 cm³/mol. The van der Waals surface area contributed by atoms with Crippen LogP contribution in [0, 0.1) is 11.8 Å². The van der Waals surface area contributed by atoms with Gasteiger partial charge in [0.25, 0.3) is 0 Å². The number of unbranched alkanes of at least 4 members (excludes halogenated alkanes) is 8. The van der Waals surface area contributed by atoms with Crippen LogP contribution >= 0.6 is 0 Å². The minimum absolute atomic E-state index is 0.824. The first-order valence-corrected chi connectivity index (χ1v) is 13.7. The fraction of sp³-hybridized carbons (Fsp3) is 0.793. The van der Waals surface area contributed by atoms with E-state index in [4.69, 9.17) is 9.47 Å². The zero-order valence-corrected chi connectivity index (χ0v) is 20.7. The van der Waals surface area contributed by atoms with E-state index in [0.29, 0.717) is 0 Å². The van der Waals surface area contributed by atoms with Crippen molar-refractivity contribution in [2.45, 2.75) is 123 Å². The van der Waals surface area contributed by atoms with Gasteiger partial charge in [-0.1, -0.05) is 104 Å². The molecular formula is C29H50O2. The lowest BCUT2D eigenvalue weighted by molar-refractivity contribution is 0.228. The Bertz CT molecular complexity index is 516. The molecule has 0 atom stereocenters. The van der Waals surface area contributed by atoms with Crippen molar-refractivity contribution in [3.63, 3.8) is 0 Å². The van der Waals surface area contributed by atoms with E-state index in [-0.39, 0.29) is 0 Å². The Labute approximate surface area is 193 Å². The van der Waals surface area contributed by atoms with Gasteiger partial charge >= 0.3 is 0 Å². The number of hydrogen-bond acceptors (Lipinski definition) is 2. The van der Waals surface area contributed by atoms with Gasteiger partial charge in [-0.15, -0.1) is 0 Å². The summed E-state index contributed by atoms with van der Waals surface area (Å²) in [6, 6.07) is 8.20. The van der Waals surface area contributed by atoms with E-state index in [9.17, 15) is 0 Å². The summed E-state index contributed by atoms with van der Waals surface area (Å²) in [6.45, 7) is 6.22. The maximum atomic E-state index is 5.97. The molecule has 0 unspecified atom stereocenters. The topological polar surface area (TPSA) is 18.5 Å². The third-order valence-electron chi connectivity index (χ3n) is 7.05. The lowest BCUT2D eigenvalue weighted by Crippen LogP contribution is -2.15. The van der Waals surface area contributed by atoms with Crippen molar-refractivity contribution in [1.29, 1.82) is 0 Å². The van der Waals surface area contributed by atoms with Gasteiger partial charge in [0.1, 0.15) is 11.5 Å². The summed E-state index contributed by atoms with van der Waals surface area (Å²) >= 11 is 0. The molecule has 1 aliphatic rings. The first-order chi connectivity index (χ1) is 15.3. The summed E-state index contributed by atoms with van der Waals surface area (Å²) in [5.41, 5.74) is 0. The van der Waals surface area contributed by atoms with Crippen LogP contribution < -0.4 is 9.47 Å². The van der Waals surface area contributed by atoms with E-state index in [1.807, 2.05) is 12.1 Å². The van der Waals surface area contributed by atoms with Gasteiger partial charge < -0.3 is 9.47 Å². The molecule has 31 heavy (non-hydrogen) atoms. The highest BCUT2D eigenvalue weighted by Gasteiger charge is 2.20. The summed E-state index contributed by atoms with van der Waals surface area (Å²) in [4.78, 5) is 0. The molecule has 1 saturated carbocycles. The van der Waals surface area contributed by atoms with Crippen LogP contribution in [0.1, 0.15) is 123 Å². The Morgan fingerprint density at radius 2 is 0.968 bits per heavy atom. The number of benzene rings is 1. The fourth-order valence-electron chi connectivity index (χ4n) is 4.94. The molecule has 2 heteroatoms. The van der Waals surface area contributed by atoms with Gasteiger partial charge in [-0.3, -0.25) is 0 Å². The largest absolute Gasteiger partial charge is 0.494 e. The van der Waals surface area contributed by atoms with E-state index in [2.05, 4.69) is 26.0 Å². The van der Waals surface area contributed by atoms with E-state index >= 15 is 0 Å². The molecule has 0 saturated heterocycles. The molecule has 0 spiro atoms. The predicted octanol–water partition coefficient (Wildman–Crippen LogP) is 9.36. The van der Waals surface area contributed by atoms with Crippen molar-refractivity contribution in [3.05, 3.63) is 24.3 Å². The van der Waals surface area contributed by atoms with Gasteiger partial charge in [0.05, 0.1) is 13.2 Å². The summed E-state index contributed by atoms with van der Waals surface area (Å²) in [7, 11) is 0. The van der Waals surface area contributed by atoms with E-state index < -0.39 is 0 Å². The van der Waals surface area contributed by atoms with Gasteiger partial charge in [-0.25, -0.2) is 0 Å². The molecular weight excluding hydrogens is 380 g/mol. The molecule has 0 aliphatic heterocycles. The normalized spacial score (nSPS) is 18.8. The summed E-state index contributed by atoms with van der Waals surface area (Å²) in [5.74, 6) is 3.89. The Balaban J connectivity index is 1.46. The molecule has 1 aromatic rings. The third-order valence-corrected chi connectivity index (χ3v) is 7.05. The average Bonchev–Trinajstić information content (AvgIpc) is 2.81. The highest BCUT2D eigenvalue weighted by Crippen LogP contribution is 2.34. The van der Waals surface area contributed by atoms with E-state index in [1.54, 1.807) is 0 Å². The Hall–Kier alpha value is -1.18. The maximum Gasteiger partial charge on any atom is 0.119 e. The van der Waals surface area contributed by atoms with Crippen molar-refractivity contribution >= 4 is 0 Å². The fourth-order valence-corrected chi connectivity index (χ4v) is 4.94. The van der Waals surface area contributed by atoms with Crippen molar-refractivity contribution in [3.8, 4) is 11.5 Å². The number of ether oxygens (including phenoxy) is 2. The van der Waals surface area contributed by atoms with Crippen LogP contribution in [-0.4, -0.2) is 13.2 Å². The van der Waals surface area contributed by atoms with Crippen LogP contribution in [-0.2, 0) is 0 Å². The van der Waals surface area contributed by atoms with E-state index in [1.165, 1.54) is 103 Å². The second kappa shape index (κ2) is 17.4. The molecule has 0 N–H and O–H groups in total. The average molecular weight is 431 g/mol. The summed E-state index contributed by atoms with van der Waals surface area (Å²) in [5, 5.41) is 0. The molecule has 0 aromatic heterocycles. The molecule has 0 heterocycles. The zero-order chi connectivity index (χ0) is 22.0. The van der Waals surface area contributed by atoms with Crippen LogP contribution in [0.3, 0.4) is 0 Å². The quantitative estimate of drug-likeness (QED) is 0.216. The standard InChI is InChI=1S/C29H50O2/c1-3-5-7-9-11-14-26-16-18-27(19-17-26)15-13-25-31-29-22-20-28(21-23-29)30-24-12-10-8-6-4-2/h20-23,26-27H,3-19,24-25H2,1-2H3/t26-,27-. The Kier molecular flexibility index (Phi) is 14.6. The monoisotopic (exact) mass is 430 g/mol. The summed E-state index contributed by atoms with van der Waals surface area (Å²) < 4.78 is 11.8. The Morgan fingerprint density at radius 1 is 0.548 bits per heavy atom.